The van der Waals surface area contributed by atoms with Crippen LogP contribution in [-0.2, 0) is 4.74 Å². The molecule has 3 aromatic rings. The fourth-order valence-corrected chi connectivity index (χ4v) is 4.84. The van der Waals surface area contributed by atoms with Crippen LogP contribution in [0.1, 0.15) is 53.1 Å². The molecule has 1 aromatic heterocycles. The van der Waals surface area contributed by atoms with E-state index in [-0.39, 0.29) is 5.56 Å². The van der Waals surface area contributed by atoms with Gasteiger partial charge < -0.3 is 15.4 Å². The van der Waals surface area contributed by atoms with Crippen molar-refractivity contribution >= 4 is 23.2 Å². The normalized spacial score (nSPS) is 18.1. The smallest absolute Gasteiger partial charge is 0.405 e. The average Bonchev–Trinajstić information content (AvgIpc) is 3.40. The van der Waals surface area contributed by atoms with Crippen LogP contribution in [0.5, 0.6) is 0 Å². The minimum absolute atomic E-state index is 0.160. The second-order valence-corrected chi connectivity index (χ2v) is 9.52. The Labute approximate surface area is 208 Å². The molecule has 3 N–H and O–H groups in total. The molecule has 1 aliphatic heterocycles. The second kappa shape index (κ2) is 13.1. The van der Waals surface area contributed by atoms with Crippen LogP contribution in [0, 0.1) is 17.6 Å². The summed E-state index contributed by atoms with van der Waals surface area (Å²) < 4.78 is 31.6. The van der Waals surface area contributed by atoms with Gasteiger partial charge >= 0.3 is 6.09 Å². The third-order valence-electron chi connectivity index (χ3n) is 6.19. The minimum Gasteiger partial charge on any atom is -0.436 e. The highest BCUT2D eigenvalue weighted by Crippen LogP contribution is 2.28. The first kappa shape index (κ1) is 26.5. The van der Waals surface area contributed by atoms with Gasteiger partial charge in [-0.3, -0.25) is 4.79 Å². The van der Waals surface area contributed by atoms with Gasteiger partial charge in [0.15, 0.2) is 6.10 Å². The zero-order valence-electron chi connectivity index (χ0n) is 19.7. The van der Waals surface area contributed by atoms with Gasteiger partial charge in [0.25, 0.3) is 0 Å². The highest BCUT2D eigenvalue weighted by atomic mass is 32.1. The fraction of sp³-hybridized carbons (Fsp3) is 0.333. The number of nitrogens with two attached hydrogens (primary N) is 1. The lowest BCUT2D eigenvalue weighted by Crippen LogP contribution is -3.13. The number of carbonyl (C=O) groups is 2. The zero-order valence-corrected chi connectivity index (χ0v) is 20.5. The van der Waals surface area contributed by atoms with Gasteiger partial charge in [-0.1, -0.05) is 49.7 Å². The molecule has 0 radical (unpaired) electrons. The Morgan fingerprint density at radius 1 is 1.06 bits per heavy atom. The van der Waals surface area contributed by atoms with E-state index in [1.54, 1.807) is 17.4 Å². The number of amides is 1. The highest BCUT2D eigenvalue weighted by Gasteiger charge is 2.23. The van der Waals surface area contributed by atoms with E-state index in [1.165, 1.54) is 79.7 Å². The molecule has 0 saturated carbocycles. The van der Waals surface area contributed by atoms with Crippen LogP contribution in [-0.4, -0.2) is 31.5 Å². The molecule has 1 aliphatic rings. The lowest BCUT2D eigenvalue weighted by molar-refractivity contribution is -0.897. The van der Waals surface area contributed by atoms with Crippen LogP contribution in [0.25, 0.3) is 0 Å². The number of ether oxygens (including phenoxy) is 1. The van der Waals surface area contributed by atoms with E-state index < -0.39 is 23.8 Å². The molecule has 2 heterocycles. The van der Waals surface area contributed by atoms with E-state index in [4.69, 9.17) is 10.5 Å². The summed E-state index contributed by atoms with van der Waals surface area (Å²) in [5.41, 5.74) is 5.59. The predicted molar refractivity (Wildman–Crippen MR) is 133 cm³/mol. The molecule has 4 rings (SSSR count). The number of nitrogens with one attached hydrogen (secondary N) is 1. The molecule has 8 heteroatoms. The third-order valence-corrected chi connectivity index (χ3v) is 7.10. The van der Waals surface area contributed by atoms with Crippen molar-refractivity contribution in [2.24, 2.45) is 11.7 Å². The quantitative estimate of drug-likeness (QED) is 0.458. The van der Waals surface area contributed by atoms with Gasteiger partial charge in [0.05, 0.1) is 18.0 Å². The molecule has 1 atom stereocenters. The van der Waals surface area contributed by atoms with Crippen LogP contribution < -0.4 is 10.6 Å². The molecule has 35 heavy (non-hydrogen) atoms. The van der Waals surface area contributed by atoms with Gasteiger partial charge in [-0.25, -0.2) is 13.6 Å². The molecule has 1 amide bonds. The Bertz CT molecular complexity index is 1080. The fourth-order valence-electron chi connectivity index (χ4n) is 4.17. The molecule has 0 bridgehead atoms. The molecule has 0 aliphatic carbocycles. The lowest BCUT2D eigenvalue weighted by Gasteiger charge is -2.27. The molecular formula is C27H31F2N2O3S+. The van der Waals surface area contributed by atoms with Crippen molar-refractivity contribution < 1.29 is 28.0 Å². The van der Waals surface area contributed by atoms with Gasteiger partial charge in [0.1, 0.15) is 18.2 Å². The maximum absolute atomic E-state index is 13.7. The number of rotatable bonds is 7. The number of primary amides is 1. The van der Waals surface area contributed by atoms with Crippen LogP contribution in [0.2, 0.25) is 0 Å². The number of piperidine rings is 1. The maximum atomic E-state index is 13.7. The first-order chi connectivity index (χ1) is 16.9. The molecule has 2 aromatic carbocycles. The van der Waals surface area contributed by atoms with Gasteiger partial charge in [0, 0.05) is 5.56 Å². The number of hydrogen-bond acceptors (Lipinski definition) is 4. The summed E-state index contributed by atoms with van der Waals surface area (Å²) in [6.45, 7) is 5.31. The number of Topliss-reactive ketones (excluding diaryl/α,β-unsaturated/α-hetero) is 1. The number of thiophene rings is 1. The highest BCUT2D eigenvalue weighted by molar-refractivity contribution is 7.12. The van der Waals surface area contributed by atoms with E-state index in [0.29, 0.717) is 17.9 Å². The number of hydrogen-bond donors (Lipinski definition) is 2. The van der Waals surface area contributed by atoms with Crippen LogP contribution >= 0.6 is 11.3 Å². The first-order valence-electron chi connectivity index (χ1n) is 11.7. The molecule has 1 fully saturated rings. The van der Waals surface area contributed by atoms with Crippen molar-refractivity contribution in [3.8, 4) is 0 Å². The second-order valence-electron chi connectivity index (χ2n) is 8.57. The van der Waals surface area contributed by atoms with Crippen molar-refractivity contribution in [1.29, 1.82) is 0 Å². The van der Waals surface area contributed by atoms with E-state index >= 15 is 0 Å². The summed E-state index contributed by atoms with van der Waals surface area (Å²) in [6.07, 6.45) is 1.86. The van der Waals surface area contributed by atoms with Crippen molar-refractivity contribution in [2.45, 2.75) is 32.3 Å². The van der Waals surface area contributed by atoms with Crippen molar-refractivity contribution in [3.63, 3.8) is 0 Å². The standard InChI is InChI=1S/C14H11F2NO2.C13H19NOS/c15-10-7-5-9(6-8-10)13(19-14(17)18)11-3-1-2-4-12(11)16;1-2-11-5-7-14(8-6-11)10-12(15)13-4-3-9-16-13/h1-8,13H,(H2,17,18);3-4,9,11H,2,5-8,10H2,1H3/p+1. The van der Waals surface area contributed by atoms with Crippen molar-refractivity contribution in [1.82, 2.24) is 0 Å². The van der Waals surface area contributed by atoms with Gasteiger partial charge in [-0.05, 0) is 54.0 Å². The molecule has 0 spiro atoms. The Hall–Kier alpha value is -3.10. The zero-order chi connectivity index (χ0) is 25.2. The number of ketones is 1. The minimum atomic E-state index is -1.03. The van der Waals surface area contributed by atoms with Gasteiger partial charge in [0.2, 0.25) is 5.78 Å². The summed E-state index contributed by atoms with van der Waals surface area (Å²) in [4.78, 5) is 25.2. The van der Waals surface area contributed by atoms with Crippen LogP contribution in [0.3, 0.4) is 0 Å². The largest absolute Gasteiger partial charge is 0.436 e. The van der Waals surface area contributed by atoms with Gasteiger partial charge in [-0.2, -0.15) is 0 Å². The van der Waals surface area contributed by atoms with E-state index in [9.17, 15) is 18.4 Å². The van der Waals surface area contributed by atoms with E-state index in [2.05, 4.69) is 6.92 Å². The maximum Gasteiger partial charge on any atom is 0.405 e. The first-order valence-corrected chi connectivity index (χ1v) is 12.6. The van der Waals surface area contributed by atoms with Gasteiger partial charge in [-0.15, -0.1) is 11.3 Å². The summed E-state index contributed by atoms with van der Waals surface area (Å²) in [6, 6.07) is 15.0. The van der Waals surface area contributed by atoms with E-state index in [1.807, 2.05) is 17.5 Å². The molecule has 1 saturated heterocycles. The van der Waals surface area contributed by atoms with Crippen LogP contribution in [0.15, 0.2) is 66.0 Å². The Morgan fingerprint density at radius 3 is 2.31 bits per heavy atom. The summed E-state index contributed by atoms with van der Waals surface area (Å²) in [5, 5.41) is 1.98. The molecule has 186 valence electrons. The number of benzene rings is 2. The number of likely N-dealkylation sites (tertiary alicyclic amines) is 1. The molecule has 5 nitrogen and oxygen atoms in total. The van der Waals surface area contributed by atoms with Crippen molar-refractivity contribution in [2.75, 3.05) is 19.6 Å². The summed E-state index contributed by atoms with van der Waals surface area (Å²) in [5.74, 6) is 0.258. The average molecular weight is 502 g/mol. The number of carbonyl (C=O) groups excluding carboxylic acids is 2. The Morgan fingerprint density at radius 2 is 1.74 bits per heavy atom. The Kier molecular flexibility index (Phi) is 9.93. The third kappa shape index (κ3) is 7.97. The number of quaternary nitrogens is 1. The SMILES string of the molecule is CCC1CC[NH+](CC(=O)c2cccs2)CC1.NC(=O)OC(c1ccc(F)cc1)c1ccccc1F. The number of halogens is 2. The monoisotopic (exact) mass is 501 g/mol. The van der Waals surface area contributed by atoms with Crippen molar-refractivity contribution in [3.05, 3.63) is 93.7 Å². The summed E-state index contributed by atoms with van der Waals surface area (Å²) in [7, 11) is 0. The Balaban J connectivity index is 0.000000198. The topological polar surface area (TPSA) is 73.8 Å². The van der Waals surface area contributed by atoms with E-state index in [0.717, 1.165) is 10.8 Å². The lowest BCUT2D eigenvalue weighted by atomic mass is 9.94. The predicted octanol–water partition coefficient (Wildman–Crippen LogP) is 4.79. The molecular weight excluding hydrogens is 470 g/mol. The summed E-state index contributed by atoms with van der Waals surface area (Å²) >= 11 is 1.56. The van der Waals surface area contributed by atoms with Crippen LogP contribution in [0.4, 0.5) is 13.6 Å². The molecule has 1 unspecified atom stereocenters.